The van der Waals surface area contributed by atoms with Crippen molar-refractivity contribution < 1.29 is 9.59 Å². The van der Waals surface area contributed by atoms with Gasteiger partial charge in [-0.1, -0.05) is 66.5 Å². The quantitative estimate of drug-likeness (QED) is 0.609. The van der Waals surface area contributed by atoms with Gasteiger partial charge < -0.3 is 10.2 Å². The predicted molar refractivity (Wildman–Crippen MR) is 119 cm³/mol. The highest BCUT2D eigenvalue weighted by Crippen LogP contribution is 2.25. The summed E-state index contributed by atoms with van der Waals surface area (Å²) in [6.45, 7) is 6.15. The van der Waals surface area contributed by atoms with E-state index in [0.717, 1.165) is 12.0 Å². The van der Waals surface area contributed by atoms with Crippen LogP contribution in [0.25, 0.3) is 0 Å². The van der Waals surface area contributed by atoms with Gasteiger partial charge in [0.2, 0.25) is 11.8 Å². The van der Waals surface area contributed by atoms with E-state index in [1.807, 2.05) is 44.2 Å². The van der Waals surface area contributed by atoms with Crippen LogP contribution < -0.4 is 5.32 Å². The average Bonchev–Trinajstić information content (AvgIpc) is 2.71. The summed E-state index contributed by atoms with van der Waals surface area (Å²) in [5, 5.41) is 3.86. The van der Waals surface area contributed by atoms with E-state index in [2.05, 4.69) is 5.32 Å². The summed E-state index contributed by atoms with van der Waals surface area (Å²) in [4.78, 5) is 27.5. The fraction of sp³-hybridized carbons (Fsp3) is 0.391. The second kappa shape index (κ2) is 11.2. The number of nitrogens with one attached hydrogen (secondary N) is 1. The van der Waals surface area contributed by atoms with E-state index in [1.54, 1.807) is 30.0 Å². The van der Waals surface area contributed by atoms with Gasteiger partial charge in [0.1, 0.15) is 6.04 Å². The lowest BCUT2D eigenvalue weighted by Crippen LogP contribution is -2.50. The number of rotatable bonds is 9. The van der Waals surface area contributed by atoms with Gasteiger partial charge in [-0.2, -0.15) is 0 Å². The molecule has 2 aromatic carbocycles. The summed E-state index contributed by atoms with van der Waals surface area (Å²) in [7, 11) is 0. The zero-order valence-electron chi connectivity index (χ0n) is 17.1. The number of hydrogen-bond donors (Lipinski definition) is 1. The number of carbonyl (C=O) groups is 2. The Morgan fingerprint density at radius 2 is 1.62 bits per heavy atom. The van der Waals surface area contributed by atoms with Gasteiger partial charge in [-0.25, -0.2) is 0 Å². The molecule has 0 radical (unpaired) electrons. The SMILES string of the molecule is CCC(C)NC(=O)C(C)N(CCc1ccccc1)C(=O)Cc1c(Cl)cccc1Cl. The van der Waals surface area contributed by atoms with Gasteiger partial charge >= 0.3 is 0 Å². The molecule has 2 unspecified atom stereocenters. The highest BCUT2D eigenvalue weighted by Gasteiger charge is 2.27. The number of nitrogens with zero attached hydrogens (tertiary/aromatic N) is 1. The highest BCUT2D eigenvalue weighted by molar-refractivity contribution is 6.36. The predicted octanol–water partition coefficient (Wildman–Crippen LogP) is 4.91. The first-order valence-electron chi connectivity index (χ1n) is 9.90. The van der Waals surface area contributed by atoms with E-state index in [4.69, 9.17) is 23.2 Å². The third-order valence-electron chi connectivity index (χ3n) is 5.04. The highest BCUT2D eigenvalue weighted by atomic mass is 35.5. The summed E-state index contributed by atoms with van der Waals surface area (Å²) >= 11 is 12.5. The zero-order chi connectivity index (χ0) is 21.4. The van der Waals surface area contributed by atoms with Crippen LogP contribution in [0.1, 0.15) is 38.3 Å². The molecule has 156 valence electrons. The molecule has 0 aliphatic carbocycles. The Bertz CT molecular complexity index is 807. The van der Waals surface area contributed by atoms with Gasteiger partial charge in [0.15, 0.2) is 0 Å². The largest absolute Gasteiger partial charge is 0.352 e. The third kappa shape index (κ3) is 6.76. The fourth-order valence-electron chi connectivity index (χ4n) is 2.99. The van der Waals surface area contributed by atoms with E-state index in [1.165, 1.54) is 0 Å². The Morgan fingerprint density at radius 1 is 1.00 bits per heavy atom. The molecule has 0 aliphatic rings. The zero-order valence-corrected chi connectivity index (χ0v) is 18.6. The Kier molecular flexibility index (Phi) is 8.99. The normalized spacial score (nSPS) is 12.9. The van der Waals surface area contributed by atoms with Crippen LogP contribution in [0.15, 0.2) is 48.5 Å². The Hall–Kier alpha value is -2.04. The number of benzene rings is 2. The van der Waals surface area contributed by atoms with E-state index < -0.39 is 6.04 Å². The van der Waals surface area contributed by atoms with Crippen LogP contribution in [0.4, 0.5) is 0 Å². The molecule has 0 spiro atoms. The van der Waals surface area contributed by atoms with Gasteiger partial charge in [0.05, 0.1) is 6.42 Å². The van der Waals surface area contributed by atoms with Crippen LogP contribution in [-0.4, -0.2) is 35.3 Å². The molecule has 2 atom stereocenters. The van der Waals surface area contributed by atoms with E-state index >= 15 is 0 Å². The van der Waals surface area contributed by atoms with Crippen molar-refractivity contribution in [2.24, 2.45) is 0 Å². The van der Waals surface area contributed by atoms with Crippen LogP contribution >= 0.6 is 23.2 Å². The van der Waals surface area contributed by atoms with Crippen molar-refractivity contribution in [3.05, 3.63) is 69.7 Å². The summed E-state index contributed by atoms with van der Waals surface area (Å²) in [5.41, 5.74) is 1.69. The monoisotopic (exact) mass is 434 g/mol. The Morgan fingerprint density at radius 3 is 2.21 bits per heavy atom. The summed E-state index contributed by atoms with van der Waals surface area (Å²) < 4.78 is 0. The molecule has 2 aromatic rings. The minimum atomic E-state index is -0.596. The lowest BCUT2D eigenvalue weighted by atomic mass is 10.1. The molecule has 6 heteroatoms. The van der Waals surface area contributed by atoms with Gasteiger partial charge in [0.25, 0.3) is 0 Å². The molecule has 2 amide bonds. The van der Waals surface area contributed by atoms with Crippen molar-refractivity contribution >= 4 is 35.0 Å². The molecule has 0 fully saturated rings. The molecule has 4 nitrogen and oxygen atoms in total. The van der Waals surface area contributed by atoms with E-state index in [9.17, 15) is 9.59 Å². The van der Waals surface area contributed by atoms with Crippen molar-refractivity contribution in [1.82, 2.24) is 10.2 Å². The second-order valence-corrected chi connectivity index (χ2v) is 8.01. The molecule has 0 saturated carbocycles. The number of carbonyl (C=O) groups excluding carboxylic acids is 2. The molecule has 1 N–H and O–H groups in total. The van der Waals surface area contributed by atoms with Gasteiger partial charge in [0, 0.05) is 22.6 Å². The molecule has 0 bridgehead atoms. The molecular formula is C23H28Cl2N2O2. The van der Waals surface area contributed by atoms with Crippen LogP contribution in [0.3, 0.4) is 0 Å². The first kappa shape index (κ1) is 23.2. The van der Waals surface area contributed by atoms with Crippen molar-refractivity contribution in [3.63, 3.8) is 0 Å². The van der Waals surface area contributed by atoms with Crippen molar-refractivity contribution in [2.45, 2.75) is 52.1 Å². The number of amides is 2. The maximum atomic E-state index is 13.2. The molecule has 2 rings (SSSR count). The fourth-order valence-corrected chi connectivity index (χ4v) is 3.52. The summed E-state index contributed by atoms with van der Waals surface area (Å²) in [5.74, 6) is -0.339. The van der Waals surface area contributed by atoms with E-state index in [-0.39, 0.29) is 24.3 Å². The third-order valence-corrected chi connectivity index (χ3v) is 5.75. The number of hydrogen-bond acceptors (Lipinski definition) is 2. The first-order chi connectivity index (χ1) is 13.8. The maximum Gasteiger partial charge on any atom is 0.242 e. The second-order valence-electron chi connectivity index (χ2n) is 7.19. The average molecular weight is 435 g/mol. The van der Waals surface area contributed by atoms with Gasteiger partial charge in [-0.05, 0) is 49.9 Å². The molecule has 29 heavy (non-hydrogen) atoms. The molecular weight excluding hydrogens is 407 g/mol. The van der Waals surface area contributed by atoms with Crippen LogP contribution in [0, 0.1) is 0 Å². The van der Waals surface area contributed by atoms with Crippen LogP contribution in [0.5, 0.6) is 0 Å². The minimum Gasteiger partial charge on any atom is -0.352 e. The van der Waals surface area contributed by atoms with E-state index in [0.29, 0.717) is 28.6 Å². The standard InChI is InChI=1S/C23H28Cl2N2O2/c1-4-16(2)26-23(29)17(3)27(14-13-18-9-6-5-7-10-18)22(28)15-19-20(24)11-8-12-21(19)25/h5-12,16-17H,4,13-15H2,1-3H3,(H,26,29). The molecule has 0 saturated heterocycles. The summed E-state index contributed by atoms with van der Waals surface area (Å²) in [6.07, 6.45) is 1.53. The van der Waals surface area contributed by atoms with Crippen molar-refractivity contribution in [1.29, 1.82) is 0 Å². The topological polar surface area (TPSA) is 49.4 Å². The Labute approximate surface area is 183 Å². The molecule has 0 aromatic heterocycles. The molecule has 0 heterocycles. The Balaban J connectivity index is 2.20. The van der Waals surface area contributed by atoms with Gasteiger partial charge in [-0.3, -0.25) is 9.59 Å². The van der Waals surface area contributed by atoms with Crippen LogP contribution in [0.2, 0.25) is 10.0 Å². The smallest absolute Gasteiger partial charge is 0.242 e. The first-order valence-corrected chi connectivity index (χ1v) is 10.7. The minimum absolute atomic E-state index is 0.0498. The van der Waals surface area contributed by atoms with Crippen LogP contribution in [-0.2, 0) is 22.4 Å². The van der Waals surface area contributed by atoms with Gasteiger partial charge in [-0.15, -0.1) is 0 Å². The maximum absolute atomic E-state index is 13.2. The lowest BCUT2D eigenvalue weighted by Gasteiger charge is -2.30. The molecule has 0 aliphatic heterocycles. The number of halogens is 2. The summed E-state index contributed by atoms with van der Waals surface area (Å²) in [6, 6.07) is 14.5. The van der Waals surface area contributed by atoms with Crippen molar-refractivity contribution in [3.8, 4) is 0 Å². The lowest BCUT2D eigenvalue weighted by molar-refractivity contribution is -0.139. The van der Waals surface area contributed by atoms with Crippen molar-refractivity contribution in [2.75, 3.05) is 6.54 Å².